The SMILES string of the molecule is OC1(CN2CCC(Oc3ccc(F)cc3)CC2)COCc2c(Cc3ccc(OC4CCNCC4)cc3)cccc21. The van der Waals surface area contributed by atoms with E-state index in [1.54, 1.807) is 12.1 Å². The van der Waals surface area contributed by atoms with E-state index in [2.05, 4.69) is 52.7 Å². The third-order valence-electron chi connectivity index (χ3n) is 8.40. The van der Waals surface area contributed by atoms with E-state index in [1.807, 2.05) is 0 Å². The van der Waals surface area contributed by atoms with E-state index in [0.717, 1.165) is 75.2 Å². The molecule has 2 saturated heterocycles. The number of benzene rings is 3. The summed E-state index contributed by atoms with van der Waals surface area (Å²) >= 11 is 0. The van der Waals surface area contributed by atoms with Crippen molar-refractivity contribution in [1.29, 1.82) is 0 Å². The highest BCUT2D eigenvalue weighted by atomic mass is 19.1. The van der Waals surface area contributed by atoms with Crippen molar-refractivity contribution in [1.82, 2.24) is 10.2 Å². The van der Waals surface area contributed by atoms with Crippen LogP contribution in [0.25, 0.3) is 0 Å². The van der Waals surface area contributed by atoms with E-state index in [0.29, 0.717) is 18.9 Å². The first-order valence-corrected chi connectivity index (χ1v) is 14.6. The van der Waals surface area contributed by atoms with Crippen molar-refractivity contribution in [2.75, 3.05) is 39.3 Å². The van der Waals surface area contributed by atoms with Gasteiger partial charge in [0, 0.05) is 19.6 Å². The maximum Gasteiger partial charge on any atom is 0.126 e. The fourth-order valence-corrected chi connectivity index (χ4v) is 6.21. The Labute approximate surface area is 236 Å². The van der Waals surface area contributed by atoms with Crippen molar-refractivity contribution in [3.05, 3.63) is 94.8 Å². The Bertz CT molecular complexity index is 1250. The summed E-state index contributed by atoms with van der Waals surface area (Å²) in [6.07, 6.45) is 4.97. The molecule has 0 aromatic heterocycles. The number of halogens is 1. The van der Waals surface area contributed by atoms with Crippen LogP contribution < -0.4 is 14.8 Å². The molecule has 0 amide bonds. The molecule has 3 aliphatic heterocycles. The number of ether oxygens (including phenoxy) is 3. The lowest BCUT2D eigenvalue weighted by Crippen LogP contribution is -2.50. The molecule has 3 aromatic carbocycles. The van der Waals surface area contributed by atoms with Gasteiger partial charge < -0.3 is 24.6 Å². The molecule has 1 unspecified atom stereocenters. The van der Waals surface area contributed by atoms with E-state index in [-0.39, 0.29) is 24.6 Å². The highest BCUT2D eigenvalue weighted by molar-refractivity contribution is 5.43. The van der Waals surface area contributed by atoms with Gasteiger partial charge in [-0.2, -0.15) is 0 Å². The molecule has 0 spiro atoms. The molecule has 3 aromatic rings. The number of fused-ring (bicyclic) bond motifs is 1. The summed E-state index contributed by atoms with van der Waals surface area (Å²) in [7, 11) is 0. The molecule has 6 nitrogen and oxygen atoms in total. The van der Waals surface area contributed by atoms with Gasteiger partial charge in [-0.05, 0) is 104 Å². The molecule has 212 valence electrons. The Morgan fingerprint density at radius 3 is 2.23 bits per heavy atom. The Hall–Kier alpha value is -2.97. The van der Waals surface area contributed by atoms with Crippen molar-refractivity contribution in [2.45, 2.75) is 56.5 Å². The van der Waals surface area contributed by atoms with Crippen LogP contribution in [0, 0.1) is 5.82 Å². The highest BCUT2D eigenvalue weighted by Crippen LogP contribution is 2.35. The third-order valence-corrected chi connectivity index (χ3v) is 8.40. The predicted octanol–water partition coefficient (Wildman–Crippen LogP) is 4.81. The van der Waals surface area contributed by atoms with Gasteiger partial charge in [0.15, 0.2) is 0 Å². The molecule has 6 rings (SSSR count). The largest absolute Gasteiger partial charge is 0.490 e. The quantitative estimate of drug-likeness (QED) is 0.423. The normalized spacial score (nSPS) is 22.6. The standard InChI is InChI=1S/C33H39FN2O4/c34-26-6-10-28(11-7-26)40-30-14-18-36(19-15-30)22-33(37)23-38-21-31-25(2-1-3-32(31)33)20-24-4-8-27(9-5-24)39-29-12-16-35-17-13-29/h1-11,29-30,35,37H,12-23H2. The molecule has 2 fully saturated rings. The molecule has 3 heterocycles. The Balaban J connectivity index is 1.08. The second-order valence-electron chi connectivity index (χ2n) is 11.4. The van der Waals surface area contributed by atoms with Crippen LogP contribution in [0.1, 0.15) is 47.9 Å². The maximum absolute atomic E-state index is 13.2. The molecule has 2 N–H and O–H groups in total. The van der Waals surface area contributed by atoms with Crippen molar-refractivity contribution < 1.29 is 23.7 Å². The topological polar surface area (TPSA) is 63.2 Å². The zero-order chi connectivity index (χ0) is 27.4. The number of nitrogens with zero attached hydrogens (tertiary/aromatic N) is 1. The number of hydrogen-bond donors (Lipinski definition) is 2. The third kappa shape index (κ3) is 6.50. The van der Waals surface area contributed by atoms with Crippen LogP contribution in [0.4, 0.5) is 4.39 Å². The summed E-state index contributed by atoms with van der Waals surface area (Å²) < 4.78 is 31.4. The maximum atomic E-state index is 13.2. The molecule has 0 bridgehead atoms. The fourth-order valence-electron chi connectivity index (χ4n) is 6.21. The van der Waals surface area contributed by atoms with Gasteiger partial charge in [-0.15, -0.1) is 0 Å². The van der Waals surface area contributed by atoms with Gasteiger partial charge >= 0.3 is 0 Å². The Morgan fingerprint density at radius 1 is 0.875 bits per heavy atom. The monoisotopic (exact) mass is 546 g/mol. The van der Waals surface area contributed by atoms with Crippen LogP contribution in [0.2, 0.25) is 0 Å². The Morgan fingerprint density at radius 2 is 1.52 bits per heavy atom. The van der Waals surface area contributed by atoms with Crippen LogP contribution in [0.5, 0.6) is 11.5 Å². The minimum absolute atomic E-state index is 0.0920. The Kier molecular flexibility index (Phi) is 8.35. The molecular formula is C33H39FN2O4. The molecule has 1 atom stereocenters. The number of rotatable bonds is 8. The molecule has 7 heteroatoms. The van der Waals surface area contributed by atoms with Gasteiger partial charge in [0.2, 0.25) is 0 Å². The number of β-amino-alcohol motifs (C(OH)–C–C–N with tert-alkyl or cyclic N) is 1. The van der Waals surface area contributed by atoms with E-state index in [9.17, 15) is 9.50 Å². The summed E-state index contributed by atoms with van der Waals surface area (Å²) in [6, 6.07) is 20.9. The van der Waals surface area contributed by atoms with Crippen LogP contribution >= 0.6 is 0 Å². The van der Waals surface area contributed by atoms with Crippen LogP contribution in [0.3, 0.4) is 0 Å². The van der Waals surface area contributed by atoms with E-state index in [4.69, 9.17) is 14.2 Å². The average Bonchev–Trinajstić information content (AvgIpc) is 2.97. The van der Waals surface area contributed by atoms with Crippen molar-refractivity contribution >= 4 is 0 Å². The minimum atomic E-state index is -1.05. The zero-order valence-electron chi connectivity index (χ0n) is 23.0. The zero-order valence-corrected chi connectivity index (χ0v) is 23.0. The van der Waals surface area contributed by atoms with Crippen LogP contribution in [-0.2, 0) is 23.4 Å². The summed E-state index contributed by atoms with van der Waals surface area (Å²) in [4.78, 5) is 2.30. The first kappa shape index (κ1) is 27.2. The summed E-state index contributed by atoms with van der Waals surface area (Å²) in [5.41, 5.74) is 3.42. The summed E-state index contributed by atoms with van der Waals surface area (Å²) in [5.74, 6) is 1.36. The van der Waals surface area contributed by atoms with Gasteiger partial charge in [-0.25, -0.2) is 4.39 Å². The van der Waals surface area contributed by atoms with E-state index >= 15 is 0 Å². The molecule has 3 aliphatic rings. The molecule has 0 saturated carbocycles. The smallest absolute Gasteiger partial charge is 0.126 e. The predicted molar refractivity (Wildman–Crippen MR) is 152 cm³/mol. The second kappa shape index (κ2) is 12.3. The summed E-state index contributed by atoms with van der Waals surface area (Å²) in [5, 5.41) is 15.2. The van der Waals surface area contributed by atoms with Crippen LogP contribution in [-0.4, -0.2) is 61.5 Å². The molecule has 40 heavy (non-hydrogen) atoms. The average molecular weight is 547 g/mol. The number of likely N-dealkylation sites (tertiary alicyclic amines) is 1. The van der Waals surface area contributed by atoms with Crippen molar-refractivity contribution in [3.8, 4) is 11.5 Å². The minimum Gasteiger partial charge on any atom is -0.490 e. The highest BCUT2D eigenvalue weighted by Gasteiger charge is 2.38. The van der Waals surface area contributed by atoms with E-state index < -0.39 is 5.60 Å². The number of piperidine rings is 2. The molecular weight excluding hydrogens is 507 g/mol. The van der Waals surface area contributed by atoms with Crippen LogP contribution in [0.15, 0.2) is 66.7 Å². The molecule has 0 radical (unpaired) electrons. The first-order valence-electron chi connectivity index (χ1n) is 14.6. The second-order valence-corrected chi connectivity index (χ2v) is 11.4. The van der Waals surface area contributed by atoms with Gasteiger partial charge in [0.25, 0.3) is 0 Å². The first-order chi connectivity index (χ1) is 19.5. The van der Waals surface area contributed by atoms with Gasteiger partial charge in [0.1, 0.15) is 35.1 Å². The van der Waals surface area contributed by atoms with Crippen molar-refractivity contribution in [3.63, 3.8) is 0 Å². The lowest BCUT2D eigenvalue weighted by molar-refractivity contribution is -0.0942. The lowest BCUT2D eigenvalue weighted by atomic mass is 9.84. The van der Waals surface area contributed by atoms with Gasteiger partial charge in [-0.1, -0.05) is 30.3 Å². The summed E-state index contributed by atoms with van der Waals surface area (Å²) in [6.45, 7) is 5.01. The number of aliphatic hydroxyl groups is 1. The number of hydrogen-bond acceptors (Lipinski definition) is 6. The van der Waals surface area contributed by atoms with E-state index in [1.165, 1.54) is 23.3 Å². The number of nitrogens with one attached hydrogen (secondary N) is 1. The van der Waals surface area contributed by atoms with Crippen molar-refractivity contribution in [2.24, 2.45) is 0 Å². The molecule has 0 aliphatic carbocycles. The van der Waals surface area contributed by atoms with Gasteiger partial charge in [-0.3, -0.25) is 4.90 Å². The fraction of sp³-hybridized carbons (Fsp3) is 0.455. The lowest BCUT2D eigenvalue weighted by Gasteiger charge is -2.41. The van der Waals surface area contributed by atoms with Gasteiger partial charge in [0.05, 0.1) is 13.2 Å².